The van der Waals surface area contributed by atoms with E-state index in [9.17, 15) is 13.2 Å². The van der Waals surface area contributed by atoms with Crippen molar-refractivity contribution >= 4 is 27.7 Å². The molecule has 156 valence electrons. The quantitative estimate of drug-likeness (QED) is 0.413. The van der Waals surface area contributed by atoms with Crippen molar-refractivity contribution < 1.29 is 17.6 Å². The lowest BCUT2D eigenvalue weighted by molar-refractivity contribution is 0.0876. The minimum absolute atomic E-state index is 0.0260. The van der Waals surface area contributed by atoms with Crippen molar-refractivity contribution in [3.63, 3.8) is 0 Å². The second kappa shape index (κ2) is 7.71. The summed E-state index contributed by atoms with van der Waals surface area (Å²) in [7, 11) is -3.83. The van der Waals surface area contributed by atoms with Crippen LogP contribution in [0.2, 0.25) is 0 Å². The summed E-state index contributed by atoms with van der Waals surface area (Å²) >= 11 is 1.32. The van der Waals surface area contributed by atoms with Gasteiger partial charge in [-0.25, -0.2) is 12.7 Å². The molecule has 0 spiro atoms. The maximum atomic E-state index is 12.7. The van der Waals surface area contributed by atoms with Gasteiger partial charge in [-0.3, -0.25) is 9.36 Å². The van der Waals surface area contributed by atoms with Gasteiger partial charge in [0.05, 0.1) is 11.8 Å². The maximum Gasteiger partial charge on any atom is 0.269 e. The number of benzene rings is 2. The Morgan fingerprint density at radius 2 is 1.71 bits per heavy atom. The number of aromatic nitrogens is 3. The molecule has 0 bridgehead atoms. The van der Waals surface area contributed by atoms with Crippen LogP contribution < -0.4 is 0 Å². The number of furan rings is 1. The average Bonchev–Trinajstić information content (AvgIpc) is 3.50. The van der Waals surface area contributed by atoms with Crippen molar-refractivity contribution in [3.05, 3.63) is 78.6 Å². The maximum absolute atomic E-state index is 12.7. The van der Waals surface area contributed by atoms with Gasteiger partial charge in [-0.1, -0.05) is 42.1 Å². The number of carbonyl (C=O) groups is 1. The Labute approximate surface area is 182 Å². The molecule has 5 rings (SSSR count). The van der Waals surface area contributed by atoms with Gasteiger partial charge in [0.2, 0.25) is 5.82 Å². The number of carbonyl (C=O) groups excluding carboxylic acids is 1. The first-order valence-corrected chi connectivity index (χ1v) is 11.8. The molecule has 1 aliphatic heterocycles. The SMILES string of the molecule is O=C1c2ccccc2S(=O)(=O)N1CCSc1nnc(-c2ccco2)n1-c1ccccc1. The van der Waals surface area contributed by atoms with Crippen LogP contribution in [0.5, 0.6) is 0 Å². The molecular weight excluding hydrogens is 436 g/mol. The van der Waals surface area contributed by atoms with E-state index in [1.165, 1.54) is 23.9 Å². The molecule has 0 N–H and O–H groups in total. The predicted molar refractivity (Wildman–Crippen MR) is 114 cm³/mol. The fraction of sp³-hybridized carbons (Fsp3) is 0.0952. The zero-order valence-electron chi connectivity index (χ0n) is 16.1. The molecule has 4 aromatic rings. The topological polar surface area (TPSA) is 98.3 Å². The molecule has 0 unspecified atom stereocenters. The van der Waals surface area contributed by atoms with Gasteiger partial charge in [0.25, 0.3) is 15.9 Å². The van der Waals surface area contributed by atoms with E-state index >= 15 is 0 Å². The van der Waals surface area contributed by atoms with Crippen molar-refractivity contribution in [2.24, 2.45) is 0 Å². The summed E-state index contributed by atoms with van der Waals surface area (Å²) in [5.41, 5.74) is 1.05. The summed E-state index contributed by atoms with van der Waals surface area (Å²) in [4.78, 5) is 12.6. The number of amides is 1. The predicted octanol–water partition coefficient (Wildman–Crippen LogP) is 3.46. The van der Waals surface area contributed by atoms with E-state index in [0.29, 0.717) is 22.5 Å². The van der Waals surface area contributed by atoms with Gasteiger partial charge < -0.3 is 4.42 Å². The third-order valence-corrected chi connectivity index (χ3v) is 7.58. The van der Waals surface area contributed by atoms with Gasteiger partial charge in [-0.2, -0.15) is 0 Å². The van der Waals surface area contributed by atoms with Crippen molar-refractivity contribution in [3.8, 4) is 17.3 Å². The van der Waals surface area contributed by atoms with E-state index in [-0.39, 0.29) is 17.0 Å². The van der Waals surface area contributed by atoms with Crippen molar-refractivity contribution in [1.29, 1.82) is 0 Å². The molecule has 1 amide bonds. The van der Waals surface area contributed by atoms with Gasteiger partial charge in [-0.15, -0.1) is 10.2 Å². The summed E-state index contributed by atoms with van der Waals surface area (Å²) in [6, 6.07) is 19.4. The summed E-state index contributed by atoms with van der Waals surface area (Å²) in [6.07, 6.45) is 1.56. The smallest absolute Gasteiger partial charge is 0.269 e. The Morgan fingerprint density at radius 3 is 2.45 bits per heavy atom. The molecule has 3 heterocycles. The number of para-hydroxylation sites is 1. The highest BCUT2D eigenvalue weighted by Gasteiger charge is 2.40. The van der Waals surface area contributed by atoms with Crippen molar-refractivity contribution in [2.75, 3.05) is 12.3 Å². The molecule has 0 saturated carbocycles. The van der Waals surface area contributed by atoms with Crippen LogP contribution in [-0.2, 0) is 10.0 Å². The fourth-order valence-corrected chi connectivity index (χ4v) is 5.97. The molecule has 1 aliphatic rings. The lowest BCUT2D eigenvalue weighted by atomic mass is 10.2. The number of hydrogen-bond acceptors (Lipinski definition) is 7. The Balaban J connectivity index is 1.40. The first kappa shape index (κ1) is 19.6. The Hall–Kier alpha value is -3.37. The van der Waals surface area contributed by atoms with Gasteiger partial charge in [0.15, 0.2) is 10.9 Å². The highest BCUT2D eigenvalue weighted by Crippen LogP contribution is 2.32. The normalized spacial score (nSPS) is 14.7. The molecule has 8 nitrogen and oxygen atoms in total. The zero-order chi connectivity index (χ0) is 21.4. The monoisotopic (exact) mass is 452 g/mol. The third-order valence-electron chi connectivity index (χ3n) is 4.83. The highest BCUT2D eigenvalue weighted by molar-refractivity contribution is 7.99. The molecule has 0 atom stereocenters. The Morgan fingerprint density at radius 1 is 0.935 bits per heavy atom. The van der Waals surface area contributed by atoms with Crippen LogP contribution in [-0.4, -0.2) is 45.7 Å². The number of hydrogen-bond donors (Lipinski definition) is 0. The van der Waals surface area contributed by atoms with Gasteiger partial charge >= 0.3 is 0 Å². The van der Waals surface area contributed by atoms with Crippen LogP contribution >= 0.6 is 11.8 Å². The van der Waals surface area contributed by atoms with E-state index < -0.39 is 15.9 Å². The number of thioether (sulfide) groups is 1. The fourth-order valence-electron chi connectivity index (χ4n) is 3.41. The lowest BCUT2D eigenvalue weighted by Gasteiger charge is -2.15. The number of sulfonamides is 1. The molecule has 0 aliphatic carbocycles. The van der Waals surface area contributed by atoms with Crippen molar-refractivity contribution in [1.82, 2.24) is 19.1 Å². The van der Waals surface area contributed by atoms with Gasteiger partial charge in [-0.05, 0) is 36.4 Å². The molecular formula is C21H16N4O4S2. The van der Waals surface area contributed by atoms with Crippen LogP contribution in [0.25, 0.3) is 17.3 Å². The van der Waals surface area contributed by atoms with Gasteiger partial charge in [0, 0.05) is 18.0 Å². The lowest BCUT2D eigenvalue weighted by Crippen LogP contribution is -2.32. The van der Waals surface area contributed by atoms with Crippen LogP contribution in [0.4, 0.5) is 0 Å². The number of fused-ring (bicyclic) bond motifs is 1. The van der Waals surface area contributed by atoms with E-state index in [1.807, 2.05) is 34.9 Å². The van der Waals surface area contributed by atoms with Crippen LogP contribution in [0.15, 0.2) is 87.5 Å². The molecule has 2 aromatic heterocycles. The molecule has 0 saturated heterocycles. The van der Waals surface area contributed by atoms with Crippen LogP contribution in [0.3, 0.4) is 0 Å². The summed E-state index contributed by atoms with van der Waals surface area (Å²) in [5.74, 6) is 0.922. The van der Waals surface area contributed by atoms with Crippen LogP contribution in [0, 0.1) is 0 Å². The third kappa shape index (κ3) is 3.33. The van der Waals surface area contributed by atoms with E-state index in [4.69, 9.17) is 4.42 Å². The number of nitrogens with zero attached hydrogens (tertiary/aromatic N) is 4. The molecule has 10 heteroatoms. The molecule has 31 heavy (non-hydrogen) atoms. The van der Waals surface area contributed by atoms with Crippen molar-refractivity contribution in [2.45, 2.75) is 10.1 Å². The first-order chi connectivity index (χ1) is 15.1. The Bertz CT molecular complexity index is 1350. The standard InChI is InChI=1S/C21H16N4O4S2/c26-20-16-9-4-5-11-18(16)31(27,28)24(20)12-14-30-21-23-22-19(17-10-6-13-29-17)25(21)15-7-2-1-3-8-15/h1-11,13H,12,14H2. The van der Waals surface area contributed by atoms with Crippen LogP contribution in [0.1, 0.15) is 10.4 Å². The minimum atomic E-state index is -3.83. The first-order valence-electron chi connectivity index (χ1n) is 9.41. The van der Waals surface area contributed by atoms with E-state index in [1.54, 1.807) is 30.5 Å². The van der Waals surface area contributed by atoms with Gasteiger partial charge in [0.1, 0.15) is 4.90 Å². The average molecular weight is 453 g/mol. The van der Waals surface area contributed by atoms with E-state index in [2.05, 4.69) is 10.2 Å². The minimum Gasteiger partial charge on any atom is -0.461 e. The van der Waals surface area contributed by atoms with E-state index in [0.717, 1.165) is 9.99 Å². The zero-order valence-corrected chi connectivity index (χ0v) is 17.7. The molecule has 0 radical (unpaired) electrons. The summed E-state index contributed by atoms with van der Waals surface area (Å²) < 4.78 is 33.7. The largest absolute Gasteiger partial charge is 0.461 e. The molecule has 2 aromatic carbocycles. The second-order valence-electron chi connectivity index (χ2n) is 6.68. The molecule has 0 fully saturated rings. The second-order valence-corrected chi connectivity index (χ2v) is 9.57. The Kier molecular flexibility index (Phi) is 4.87. The highest BCUT2D eigenvalue weighted by atomic mass is 32.2. The summed E-state index contributed by atoms with van der Waals surface area (Å²) in [6.45, 7) is 0.0260. The number of rotatable bonds is 6. The summed E-state index contributed by atoms with van der Waals surface area (Å²) in [5, 5.41) is 9.10.